The Labute approximate surface area is 159 Å². The topological polar surface area (TPSA) is 49.3 Å². The van der Waals surface area contributed by atoms with E-state index in [1.54, 1.807) is 0 Å². The number of fused-ring (bicyclic) bond motifs is 1. The molecule has 2 unspecified atom stereocenters. The van der Waals surface area contributed by atoms with Crippen molar-refractivity contribution in [3.05, 3.63) is 71.9 Å². The molecule has 5 heteroatoms. The van der Waals surface area contributed by atoms with Gasteiger partial charge in [-0.15, -0.1) is 0 Å². The number of hydrogen-bond acceptors (Lipinski definition) is 3. The van der Waals surface area contributed by atoms with E-state index < -0.39 is 0 Å². The minimum absolute atomic E-state index is 0.133. The van der Waals surface area contributed by atoms with Gasteiger partial charge in [0.2, 0.25) is 5.91 Å². The van der Waals surface area contributed by atoms with Crippen LogP contribution in [-0.2, 0) is 11.3 Å². The van der Waals surface area contributed by atoms with Crippen LogP contribution in [-0.4, -0.2) is 35.0 Å². The maximum atomic E-state index is 12.8. The molecule has 5 nitrogen and oxygen atoms in total. The van der Waals surface area contributed by atoms with E-state index >= 15 is 0 Å². The highest BCUT2D eigenvalue weighted by Crippen LogP contribution is 2.23. The lowest BCUT2D eigenvalue weighted by atomic mass is 10.0. The molecular weight excluding hydrogens is 336 g/mol. The molecular formula is C22H26N4O. The summed E-state index contributed by atoms with van der Waals surface area (Å²) in [6, 6.07) is 18.9. The zero-order valence-corrected chi connectivity index (χ0v) is 15.9. The van der Waals surface area contributed by atoms with Gasteiger partial charge in [-0.2, -0.15) is 0 Å². The fourth-order valence-corrected chi connectivity index (χ4v) is 3.71. The van der Waals surface area contributed by atoms with Gasteiger partial charge < -0.3 is 9.47 Å². The number of para-hydroxylation sites is 1. The van der Waals surface area contributed by atoms with Crippen molar-refractivity contribution in [1.29, 1.82) is 0 Å². The molecule has 1 aliphatic heterocycles. The van der Waals surface area contributed by atoms with Crippen LogP contribution in [0.2, 0.25) is 0 Å². The van der Waals surface area contributed by atoms with Crippen LogP contribution in [0.3, 0.4) is 0 Å². The second-order valence-electron chi connectivity index (χ2n) is 7.37. The first-order valence-corrected chi connectivity index (χ1v) is 9.48. The molecule has 0 saturated carbocycles. The van der Waals surface area contributed by atoms with Gasteiger partial charge in [0.25, 0.3) is 0 Å². The van der Waals surface area contributed by atoms with Crippen molar-refractivity contribution in [2.75, 3.05) is 13.6 Å². The molecule has 0 spiro atoms. The van der Waals surface area contributed by atoms with Crippen LogP contribution in [0.25, 0.3) is 10.9 Å². The van der Waals surface area contributed by atoms with Gasteiger partial charge >= 0.3 is 0 Å². The Morgan fingerprint density at radius 2 is 1.89 bits per heavy atom. The van der Waals surface area contributed by atoms with Gasteiger partial charge in [-0.1, -0.05) is 48.0 Å². The lowest BCUT2D eigenvalue weighted by Gasteiger charge is -2.21. The molecule has 27 heavy (non-hydrogen) atoms. The molecule has 2 N–H and O–H groups in total. The smallest absolute Gasteiger partial charge is 0.240 e. The number of carbonyl (C=O) groups is 1. The van der Waals surface area contributed by atoms with Crippen LogP contribution in [0.4, 0.5) is 0 Å². The average Bonchev–Trinajstić information content (AvgIpc) is 3.33. The molecule has 1 aliphatic rings. The molecule has 140 valence electrons. The minimum Gasteiger partial charge on any atom is -0.346 e. The van der Waals surface area contributed by atoms with Gasteiger partial charge in [-0.25, -0.2) is 10.9 Å². The van der Waals surface area contributed by atoms with Crippen molar-refractivity contribution in [2.45, 2.75) is 32.0 Å². The van der Waals surface area contributed by atoms with Gasteiger partial charge in [-0.3, -0.25) is 4.79 Å². The van der Waals surface area contributed by atoms with Crippen LogP contribution in [0.15, 0.2) is 60.8 Å². The summed E-state index contributed by atoms with van der Waals surface area (Å²) in [5.41, 5.74) is 10.1. The number of nitrogens with one attached hydrogen (secondary N) is 2. The van der Waals surface area contributed by atoms with E-state index in [0.717, 1.165) is 13.0 Å². The minimum atomic E-state index is -0.192. The number of amides is 1. The summed E-state index contributed by atoms with van der Waals surface area (Å²) in [4.78, 5) is 14.6. The molecule has 2 heterocycles. The van der Waals surface area contributed by atoms with E-state index in [2.05, 4.69) is 71.0 Å². The summed E-state index contributed by atoms with van der Waals surface area (Å²) < 4.78 is 2.20. The Morgan fingerprint density at radius 3 is 2.70 bits per heavy atom. The van der Waals surface area contributed by atoms with Crippen LogP contribution < -0.4 is 10.9 Å². The second kappa shape index (κ2) is 7.55. The van der Waals surface area contributed by atoms with Crippen molar-refractivity contribution >= 4 is 16.8 Å². The number of nitrogens with zero attached hydrogens (tertiary/aromatic N) is 2. The summed E-state index contributed by atoms with van der Waals surface area (Å²) in [5, 5.41) is 1.23. The molecule has 1 amide bonds. The first kappa shape index (κ1) is 17.8. The van der Waals surface area contributed by atoms with E-state index in [1.165, 1.54) is 22.0 Å². The predicted molar refractivity (Wildman–Crippen MR) is 108 cm³/mol. The lowest BCUT2D eigenvalue weighted by molar-refractivity contribution is -0.132. The maximum Gasteiger partial charge on any atom is 0.240 e. The lowest BCUT2D eigenvalue weighted by Crippen LogP contribution is -2.44. The van der Waals surface area contributed by atoms with Gasteiger partial charge in [0.15, 0.2) is 0 Å². The highest BCUT2D eigenvalue weighted by Gasteiger charge is 2.31. The third-order valence-corrected chi connectivity index (χ3v) is 5.41. The molecule has 2 aromatic carbocycles. The van der Waals surface area contributed by atoms with Crippen molar-refractivity contribution in [2.24, 2.45) is 0 Å². The number of aryl methyl sites for hydroxylation is 1. The summed E-state index contributed by atoms with van der Waals surface area (Å²) in [6.45, 7) is 3.56. The summed E-state index contributed by atoms with van der Waals surface area (Å²) in [5.74, 6) is 0.133. The number of hydrogen-bond donors (Lipinski definition) is 2. The number of hydrazine groups is 1. The van der Waals surface area contributed by atoms with Crippen LogP contribution in [0, 0.1) is 6.92 Å². The molecule has 1 saturated heterocycles. The number of aromatic nitrogens is 1. The normalized spacial score (nSPS) is 19.5. The van der Waals surface area contributed by atoms with Crippen LogP contribution >= 0.6 is 0 Å². The van der Waals surface area contributed by atoms with E-state index in [1.807, 2.05) is 24.1 Å². The highest BCUT2D eigenvalue weighted by molar-refractivity contribution is 5.82. The molecule has 0 bridgehead atoms. The third-order valence-electron chi connectivity index (χ3n) is 5.41. The van der Waals surface area contributed by atoms with Crippen molar-refractivity contribution < 1.29 is 4.79 Å². The zero-order chi connectivity index (χ0) is 18.8. The van der Waals surface area contributed by atoms with Crippen LogP contribution in [0.5, 0.6) is 0 Å². The number of benzene rings is 2. The number of carbonyl (C=O) groups excluding carboxylic acids is 1. The first-order valence-electron chi connectivity index (χ1n) is 9.48. The van der Waals surface area contributed by atoms with Crippen molar-refractivity contribution in [3.63, 3.8) is 0 Å². The molecule has 3 aromatic rings. The van der Waals surface area contributed by atoms with E-state index in [9.17, 15) is 4.79 Å². The average molecular weight is 362 g/mol. The second-order valence-corrected chi connectivity index (χ2v) is 7.37. The van der Waals surface area contributed by atoms with Gasteiger partial charge in [0, 0.05) is 37.9 Å². The fourth-order valence-electron chi connectivity index (χ4n) is 3.71. The molecule has 0 aliphatic carbocycles. The molecule has 2 atom stereocenters. The molecule has 1 aromatic heterocycles. The molecule has 1 fully saturated rings. The Hall–Kier alpha value is -2.63. The van der Waals surface area contributed by atoms with E-state index in [4.69, 9.17) is 0 Å². The SMILES string of the molecule is Cc1ccc(C2CC(C(=O)N(C)CCn3ccc4ccccc43)NN2)cc1. The Kier molecular flexibility index (Phi) is 4.97. The zero-order valence-electron chi connectivity index (χ0n) is 15.9. The monoisotopic (exact) mass is 362 g/mol. The highest BCUT2D eigenvalue weighted by atomic mass is 16.2. The summed E-state index contributed by atoms with van der Waals surface area (Å²) in [7, 11) is 1.88. The van der Waals surface area contributed by atoms with E-state index in [0.29, 0.717) is 6.54 Å². The maximum absolute atomic E-state index is 12.8. The third kappa shape index (κ3) is 3.75. The van der Waals surface area contributed by atoms with Gasteiger partial charge in [0.1, 0.15) is 6.04 Å². The van der Waals surface area contributed by atoms with Gasteiger partial charge in [-0.05, 0) is 36.4 Å². The fraction of sp³-hybridized carbons (Fsp3) is 0.318. The number of likely N-dealkylation sites (N-methyl/N-ethyl adjacent to an activating group) is 1. The van der Waals surface area contributed by atoms with Gasteiger partial charge in [0.05, 0.1) is 0 Å². The Balaban J connectivity index is 1.34. The molecule has 0 radical (unpaired) electrons. The van der Waals surface area contributed by atoms with Crippen molar-refractivity contribution in [3.8, 4) is 0 Å². The standard InChI is InChI=1S/C22H26N4O/c1-16-7-9-17(10-8-16)19-15-20(24-23-19)22(27)25(2)13-14-26-12-11-18-5-3-4-6-21(18)26/h3-12,19-20,23-24H,13-15H2,1-2H3. The largest absolute Gasteiger partial charge is 0.346 e. The predicted octanol–water partition coefficient (Wildman–Crippen LogP) is 3.02. The summed E-state index contributed by atoms with van der Waals surface area (Å²) in [6.07, 6.45) is 2.85. The first-order chi connectivity index (χ1) is 13.1. The Bertz CT molecular complexity index is 931. The Morgan fingerprint density at radius 1 is 1.11 bits per heavy atom. The number of rotatable bonds is 5. The molecule has 4 rings (SSSR count). The van der Waals surface area contributed by atoms with Crippen LogP contribution in [0.1, 0.15) is 23.6 Å². The quantitative estimate of drug-likeness (QED) is 0.734. The van der Waals surface area contributed by atoms with E-state index in [-0.39, 0.29) is 18.0 Å². The summed E-state index contributed by atoms with van der Waals surface area (Å²) >= 11 is 0. The van der Waals surface area contributed by atoms with Crippen molar-refractivity contribution in [1.82, 2.24) is 20.3 Å².